The van der Waals surface area contributed by atoms with Crippen molar-refractivity contribution in [2.75, 3.05) is 6.79 Å². The number of amides is 1. The monoisotopic (exact) mass is 690 g/mol. The first-order valence-electron chi connectivity index (χ1n) is 16.3. The van der Waals surface area contributed by atoms with Gasteiger partial charge in [0, 0.05) is 18.5 Å². The Kier molecular flexibility index (Phi) is 10.2. The van der Waals surface area contributed by atoms with Crippen LogP contribution in [0.2, 0.25) is 0 Å². The van der Waals surface area contributed by atoms with Gasteiger partial charge >= 0.3 is 11.9 Å². The maximum absolute atomic E-state index is 14.3. The van der Waals surface area contributed by atoms with E-state index in [1.54, 1.807) is 25.1 Å². The van der Waals surface area contributed by atoms with Gasteiger partial charge in [-0.15, -0.1) is 0 Å². The fraction of sp³-hybridized carbons (Fsp3) is 0.231. The highest BCUT2D eigenvalue weighted by molar-refractivity contribution is 6.41. The summed E-state index contributed by atoms with van der Waals surface area (Å²) in [5.41, 5.74) is 2.75. The molecule has 0 saturated heterocycles. The van der Waals surface area contributed by atoms with E-state index in [9.17, 15) is 34.2 Å². The number of hydrogen-bond acceptors (Lipinski definition) is 9. The molecule has 2 N–H and O–H groups in total. The number of carbonyl (C=O) groups excluding carboxylic acids is 3. The lowest BCUT2D eigenvalue weighted by atomic mass is 9.86. The largest absolute Gasteiger partial charge is 0.481 e. The van der Waals surface area contributed by atoms with E-state index in [0.717, 1.165) is 16.3 Å². The summed E-state index contributed by atoms with van der Waals surface area (Å²) in [6, 6.07) is 25.3. The number of rotatable bonds is 15. The molecule has 1 aromatic heterocycles. The van der Waals surface area contributed by atoms with E-state index in [4.69, 9.17) is 13.9 Å². The molecule has 1 aliphatic rings. The van der Waals surface area contributed by atoms with Crippen molar-refractivity contribution in [3.05, 3.63) is 108 Å². The zero-order valence-corrected chi connectivity index (χ0v) is 27.6. The number of ketones is 2. The Labute approximate surface area is 291 Å². The molecule has 6 rings (SSSR count). The maximum atomic E-state index is 14.3. The molecule has 0 radical (unpaired) electrons. The SMILES string of the molecule is C[C@H]([C@H](CC=Cc1nc2ccccc2o1)c1ccc2c(c1)OCO2)N(Cc1ccc2ccccc2c1)C(=O)C(=O)C(CC(=O)O)C(=O)CC(=O)O. The van der Waals surface area contributed by atoms with Gasteiger partial charge in [0.1, 0.15) is 11.9 Å². The number of benzene rings is 4. The molecular weight excluding hydrogens is 656 g/mol. The predicted molar refractivity (Wildman–Crippen MR) is 185 cm³/mol. The fourth-order valence-electron chi connectivity index (χ4n) is 6.27. The van der Waals surface area contributed by atoms with Crippen LogP contribution in [0.15, 0.2) is 95.4 Å². The summed E-state index contributed by atoms with van der Waals surface area (Å²) in [5.74, 6) is -7.61. The molecule has 12 heteroatoms. The molecule has 0 aliphatic carbocycles. The van der Waals surface area contributed by atoms with Crippen molar-refractivity contribution in [2.24, 2.45) is 5.92 Å². The van der Waals surface area contributed by atoms with Crippen LogP contribution in [0.3, 0.4) is 0 Å². The Morgan fingerprint density at radius 3 is 2.37 bits per heavy atom. The van der Waals surface area contributed by atoms with Crippen LogP contribution in [0.4, 0.5) is 0 Å². The molecule has 1 unspecified atom stereocenters. The highest BCUT2D eigenvalue weighted by Gasteiger charge is 2.39. The first-order chi connectivity index (χ1) is 24.6. The average Bonchev–Trinajstić information content (AvgIpc) is 3.76. The van der Waals surface area contributed by atoms with E-state index in [0.29, 0.717) is 40.5 Å². The van der Waals surface area contributed by atoms with E-state index in [2.05, 4.69) is 4.98 Å². The molecule has 2 heterocycles. The number of carbonyl (C=O) groups is 5. The summed E-state index contributed by atoms with van der Waals surface area (Å²) in [7, 11) is 0. The third-order valence-corrected chi connectivity index (χ3v) is 8.91. The summed E-state index contributed by atoms with van der Waals surface area (Å²) in [5, 5.41) is 20.6. The highest BCUT2D eigenvalue weighted by atomic mass is 16.7. The van der Waals surface area contributed by atoms with Crippen LogP contribution in [0.1, 0.15) is 49.1 Å². The highest BCUT2D eigenvalue weighted by Crippen LogP contribution is 2.38. The van der Waals surface area contributed by atoms with Crippen LogP contribution >= 0.6 is 0 Å². The number of para-hydroxylation sites is 2. The Balaban J connectivity index is 1.38. The summed E-state index contributed by atoms with van der Waals surface area (Å²) < 4.78 is 17.0. The third kappa shape index (κ3) is 7.96. The van der Waals surface area contributed by atoms with Gasteiger partial charge in [0.15, 0.2) is 22.9 Å². The lowest BCUT2D eigenvalue weighted by Crippen LogP contribution is -2.48. The Morgan fingerprint density at radius 1 is 0.863 bits per heavy atom. The molecule has 0 saturated carbocycles. The van der Waals surface area contributed by atoms with Gasteiger partial charge in [-0.3, -0.25) is 24.0 Å². The number of allylic oxidation sites excluding steroid dienone is 1. The van der Waals surface area contributed by atoms with E-state index < -0.39 is 60.1 Å². The zero-order valence-electron chi connectivity index (χ0n) is 27.6. The minimum atomic E-state index is -1.97. The number of Topliss-reactive ketones (excluding diaryl/α,β-unsaturated/α-hetero) is 2. The number of fused-ring (bicyclic) bond motifs is 3. The molecule has 0 spiro atoms. The van der Waals surface area contributed by atoms with Crippen molar-refractivity contribution < 1.29 is 48.1 Å². The van der Waals surface area contributed by atoms with Crippen molar-refractivity contribution >= 4 is 57.4 Å². The van der Waals surface area contributed by atoms with Crippen LogP contribution in [-0.2, 0) is 30.5 Å². The number of aromatic nitrogens is 1. The quantitative estimate of drug-likeness (QED) is 0.0972. The molecule has 1 amide bonds. The molecule has 51 heavy (non-hydrogen) atoms. The van der Waals surface area contributed by atoms with Crippen molar-refractivity contribution in [3.8, 4) is 11.5 Å². The predicted octanol–water partition coefficient (Wildman–Crippen LogP) is 6.02. The van der Waals surface area contributed by atoms with Crippen LogP contribution in [-0.4, -0.2) is 62.3 Å². The van der Waals surface area contributed by atoms with Crippen LogP contribution in [0.5, 0.6) is 11.5 Å². The van der Waals surface area contributed by atoms with Crippen molar-refractivity contribution in [1.82, 2.24) is 9.88 Å². The van der Waals surface area contributed by atoms with Gasteiger partial charge in [0.25, 0.3) is 5.91 Å². The number of ether oxygens (including phenoxy) is 2. The molecular formula is C39H34N2O10. The molecule has 0 fully saturated rings. The second kappa shape index (κ2) is 15.1. The van der Waals surface area contributed by atoms with Crippen LogP contribution in [0, 0.1) is 5.92 Å². The van der Waals surface area contributed by atoms with Crippen LogP contribution < -0.4 is 9.47 Å². The zero-order chi connectivity index (χ0) is 36.1. The van der Waals surface area contributed by atoms with Crippen molar-refractivity contribution in [3.63, 3.8) is 0 Å². The molecule has 1 aliphatic heterocycles. The first-order valence-corrected chi connectivity index (χ1v) is 16.3. The Morgan fingerprint density at radius 2 is 1.61 bits per heavy atom. The van der Waals surface area contributed by atoms with Gasteiger partial charge < -0.3 is 29.0 Å². The smallest absolute Gasteiger partial charge is 0.310 e. The van der Waals surface area contributed by atoms with Gasteiger partial charge in [0.05, 0.1) is 12.3 Å². The molecule has 260 valence electrons. The van der Waals surface area contributed by atoms with Crippen molar-refractivity contribution in [2.45, 2.75) is 44.7 Å². The number of carboxylic acids is 2. The number of hydrogen-bond donors (Lipinski definition) is 2. The van der Waals surface area contributed by atoms with E-state index in [-0.39, 0.29) is 13.3 Å². The number of aliphatic carboxylic acids is 2. The Bertz CT molecular complexity index is 2140. The Hall–Kier alpha value is -6.30. The second-order valence-corrected chi connectivity index (χ2v) is 12.3. The third-order valence-electron chi connectivity index (χ3n) is 8.91. The van der Waals surface area contributed by atoms with Gasteiger partial charge in [-0.2, -0.15) is 0 Å². The number of carboxylic acid groups (broad SMARTS) is 2. The van der Waals surface area contributed by atoms with Gasteiger partial charge in [-0.1, -0.05) is 60.7 Å². The topological polar surface area (TPSA) is 174 Å². The molecule has 4 aromatic carbocycles. The standard InChI is InChI=1S/C39H34N2O10/c1-23(28(27-15-16-33-34(18-27)50-22-49-33)9-6-12-35-40-30-10-4-5-11-32(30)51-35)41(21-24-13-14-25-7-2-3-8-26(25)17-24)39(48)38(47)29(19-36(43)44)31(42)20-37(45)46/h2-8,10-18,23,28-29H,9,19-22H2,1H3,(H,43,44)(H,45,46)/t23-,28+,29?/m1/s1. The van der Waals surface area contributed by atoms with Gasteiger partial charge in [-0.25, -0.2) is 4.98 Å². The lowest BCUT2D eigenvalue weighted by molar-refractivity contribution is -0.154. The number of oxazole rings is 1. The lowest BCUT2D eigenvalue weighted by Gasteiger charge is -2.35. The van der Waals surface area contributed by atoms with E-state index >= 15 is 0 Å². The summed E-state index contributed by atoms with van der Waals surface area (Å²) in [6.45, 7) is 1.74. The summed E-state index contributed by atoms with van der Waals surface area (Å²) in [6.07, 6.45) is 1.78. The molecule has 5 aromatic rings. The van der Waals surface area contributed by atoms with E-state index in [1.165, 1.54) is 4.90 Å². The van der Waals surface area contributed by atoms with Gasteiger partial charge in [-0.05, 0) is 71.7 Å². The molecule has 12 nitrogen and oxygen atoms in total. The maximum Gasteiger partial charge on any atom is 0.310 e. The molecule has 3 atom stereocenters. The average molecular weight is 691 g/mol. The van der Waals surface area contributed by atoms with Gasteiger partial charge in [0.2, 0.25) is 18.5 Å². The summed E-state index contributed by atoms with van der Waals surface area (Å²) >= 11 is 0. The minimum Gasteiger partial charge on any atom is -0.481 e. The van der Waals surface area contributed by atoms with Crippen LogP contribution in [0.25, 0.3) is 27.9 Å². The van der Waals surface area contributed by atoms with Crippen molar-refractivity contribution in [1.29, 1.82) is 0 Å². The summed E-state index contributed by atoms with van der Waals surface area (Å²) in [4.78, 5) is 69.8. The second-order valence-electron chi connectivity index (χ2n) is 12.3. The first kappa shape index (κ1) is 34.6. The normalized spacial score (nSPS) is 14.0. The van der Waals surface area contributed by atoms with E-state index in [1.807, 2.05) is 78.9 Å². The molecule has 0 bridgehead atoms. The number of nitrogens with zero attached hydrogens (tertiary/aromatic N) is 2. The fourth-order valence-corrected chi connectivity index (χ4v) is 6.27. The minimum absolute atomic E-state index is 0.0487.